The average Bonchev–Trinajstić information content (AvgIpc) is 2.49. The Morgan fingerprint density at radius 3 is 2.45 bits per heavy atom. The number of hydrogen-bond acceptors (Lipinski definition) is 3. The van der Waals surface area contributed by atoms with Crippen LogP contribution in [-0.4, -0.2) is 20.7 Å². The van der Waals surface area contributed by atoms with Gasteiger partial charge in [0, 0.05) is 23.1 Å². The number of benzene rings is 2. The van der Waals surface area contributed by atoms with Gasteiger partial charge in [-0.05, 0) is 35.9 Å². The van der Waals surface area contributed by atoms with Crippen molar-refractivity contribution in [1.29, 1.82) is 0 Å². The predicted molar refractivity (Wildman–Crippen MR) is 89.2 cm³/mol. The highest BCUT2D eigenvalue weighted by Crippen LogP contribution is 2.20. The molecule has 0 unspecified atom stereocenters. The van der Waals surface area contributed by atoms with E-state index >= 15 is 0 Å². The Morgan fingerprint density at radius 1 is 1.09 bits per heavy atom. The van der Waals surface area contributed by atoms with Crippen LogP contribution in [-0.2, 0) is 15.8 Å². The van der Waals surface area contributed by atoms with E-state index in [9.17, 15) is 12.8 Å². The summed E-state index contributed by atoms with van der Waals surface area (Å²) in [5.74, 6) is 0.873. The Bertz CT molecular complexity index is 721. The third kappa shape index (κ3) is 4.98. The number of sulfonamides is 1. The van der Waals surface area contributed by atoms with Crippen LogP contribution in [0.25, 0.3) is 0 Å². The number of nitrogens with one attached hydrogen (secondary N) is 1. The second-order valence-electron chi connectivity index (χ2n) is 4.50. The smallest absolute Gasteiger partial charge is 0.210 e. The molecular formula is C15H15ClFNO2S2. The summed E-state index contributed by atoms with van der Waals surface area (Å²) in [6, 6.07) is 12.3. The van der Waals surface area contributed by atoms with Gasteiger partial charge in [0.1, 0.15) is 5.82 Å². The molecule has 0 aliphatic rings. The third-order valence-corrected chi connectivity index (χ3v) is 5.73. The van der Waals surface area contributed by atoms with Crippen molar-refractivity contribution >= 4 is 33.4 Å². The largest absolute Gasteiger partial charge is 0.240 e. The van der Waals surface area contributed by atoms with Crippen molar-refractivity contribution in [3.63, 3.8) is 0 Å². The summed E-state index contributed by atoms with van der Waals surface area (Å²) < 4.78 is 39.2. The van der Waals surface area contributed by atoms with Crippen LogP contribution >= 0.6 is 23.4 Å². The number of halogens is 2. The summed E-state index contributed by atoms with van der Waals surface area (Å²) in [5.41, 5.74) is 1.02. The van der Waals surface area contributed by atoms with Crippen molar-refractivity contribution in [2.45, 2.75) is 10.6 Å². The van der Waals surface area contributed by atoms with Crippen LogP contribution < -0.4 is 4.72 Å². The molecular weight excluding hydrogens is 345 g/mol. The Labute approximate surface area is 138 Å². The van der Waals surface area contributed by atoms with Crippen LogP contribution in [0.15, 0.2) is 53.4 Å². The standard InChI is InChI=1S/C15H15ClFNO2S2/c16-15-4-2-1-3-12(15)11-21-10-9-18-22(19,20)14-7-5-13(17)6-8-14/h1-8,18H,9-11H2. The summed E-state index contributed by atoms with van der Waals surface area (Å²) in [6.45, 7) is 0.300. The molecule has 0 aliphatic heterocycles. The van der Waals surface area contributed by atoms with Crippen molar-refractivity contribution in [3.05, 3.63) is 64.9 Å². The first-order chi connectivity index (χ1) is 10.5. The molecule has 0 atom stereocenters. The van der Waals surface area contributed by atoms with Crippen molar-refractivity contribution < 1.29 is 12.8 Å². The topological polar surface area (TPSA) is 46.2 Å². The molecule has 22 heavy (non-hydrogen) atoms. The van der Waals surface area contributed by atoms with E-state index in [4.69, 9.17) is 11.6 Å². The zero-order valence-corrected chi connectivity index (χ0v) is 14.0. The van der Waals surface area contributed by atoms with E-state index < -0.39 is 15.8 Å². The molecule has 2 rings (SSSR count). The molecule has 0 fully saturated rings. The van der Waals surface area contributed by atoms with Gasteiger partial charge in [-0.25, -0.2) is 17.5 Å². The highest BCUT2D eigenvalue weighted by molar-refractivity contribution is 7.98. The molecule has 0 radical (unpaired) electrons. The first kappa shape index (κ1) is 17.3. The van der Waals surface area contributed by atoms with Gasteiger partial charge in [-0.2, -0.15) is 11.8 Å². The van der Waals surface area contributed by atoms with Crippen molar-refractivity contribution in [3.8, 4) is 0 Å². The van der Waals surface area contributed by atoms with E-state index in [2.05, 4.69) is 4.72 Å². The Balaban J connectivity index is 1.79. The minimum atomic E-state index is -3.59. The van der Waals surface area contributed by atoms with E-state index in [0.717, 1.165) is 23.4 Å². The van der Waals surface area contributed by atoms with Gasteiger partial charge in [0.05, 0.1) is 4.90 Å². The van der Waals surface area contributed by atoms with Gasteiger partial charge >= 0.3 is 0 Å². The zero-order valence-electron chi connectivity index (χ0n) is 11.6. The lowest BCUT2D eigenvalue weighted by Gasteiger charge is -2.07. The summed E-state index contributed by atoms with van der Waals surface area (Å²) in [4.78, 5) is 0.0602. The Kier molecular flexibility index (Phi) is 6.26. The van der Waals surface area contributed by atoms with Crippen LogP contribution in [0.2, 0.25) is 5.02 Å². The molecule has 3 nitrogen and oxygen atoms in total. The van der Waals surface area contributed by atoms with E-state index in [1.807, 2.05) is 24.3 Å². The highest BCUT2D eigenvalue weighted by Gasteiger charge is 2.12. The van der Waals surface area contributed by atoms with Crippen molar-refractivity contribution in [1.82, 2.24) is 4.72 Å². The normalized spacial score (nSPS) is 11.5. The molecule has 7 heteroatoms. The highest BCUT2D eigenvalue weighted by atomic mass is 35.5. The predicted octanol–water partition coefficient (Wildman–Crippen LogP) is 3.69. The maximum absolute atomic E-state index is 12.8. The number of hydrogen-bond donors (Lipinski definition) is 1. The minimum Gasteiger partial charge on any atom is -0.210 e. The lowest BCUT2D eigenvalue weighted by molar-refractivity contribution is 0.583. The van der Waals surface area contributed by atoms with Crippen LogP contribution in [0.3, 0.4) is 0 Å². The molecule has 0 saturated heterocycles. The molecule has 0 aliphatic carbocycles. The first-order valence-corrected chi connectivity index (χ1v) is 9.57. The molecule has 0 amide bonds. The second-order valence-corrected chi connectivity index (χ2v) is 7.78. The zero-order chi connectivity index (χ0) is 16.0. The van der Waals surface area contributed by atoms with Gasteiger partial charge in [0.25, 0.3) is 0 Å². The van der Waals surface area contributed by atoms with Crippen molar-refractivity contribution in [2.24, 2.45) is 0 Å². The van der Waals surface area contributed by atoms with Crippen LogP contribution in [0.5, 0.6) is 0 Å². The Hall–Kier alpha value is -1.08. The third-order valence-electron chi connectivity index (χ3n) is 2.88. The number of rotatable bonds is 7. The molecule has 0 saturated carbocycles. The van der Waals surface area contributed by atoms with Crippen LogP contribution in [0, 0.1) is 5.82 Å². The maximum Gasteiger partial charge on any atom is 0.240 e. The molecule has 0 spiro atoms. The minimum absolute atomic E-state index is 0.0602. The molecule has 0 aromatic heterocycles. The monoisotopic (exact) mass is 359 g/mol. The first-order valence-electron chi connectivity index (χ1n) is 6.55. The van der Waals surface area contributed by atoms with E-state index in [-0.39, 0.29) is 4.90 Å². The van der Waals surface area contributed by atoms with E-state index in [1.54, 1.807) is 11.8 Å². The fourth-order valence-corrected chi connectivity index (χ4v) is 4.05. The average molecular weight is 360 g/mol. The lowest BCUT2D eigenvalue weighted by Crippen LogP contribution is -2.26. The Morgan fingerprint density at radius 2 is 1.77 bits per heavy atom. The van der Waals surface area contributed by atoms with Gasteiger partial charge in [-0.3, -0.25) is 0 Å². The molecule has 0 bridgehead atoms. The lowest BCUT2D eigenvalue weighted by atomic mass is 10.2. The SMILES string of the molecule is O=S(=O)(NCCSCc1ccccc1Cl)c1ccc(F)cc1. The molecule has 0 heterocycles. The van der Waals surface area contributed by atoms with Crippen molar-refractivity contribution in [2.75, 3.05) is 12.3 Å². The van der Waals surface area contributed by atoms with Gasteiger partial charge in [0.15, 0.2) is 0 Å². The van der Waals surface area contributed by atoms with Gasteiger partial charge in [-0.15, -0.1) is 0 Å². The fraction of sp³-hybridized carbons (Fsp3) is 0.200. The van der Waals surface area contributed by atoms with E-state index in [0.29, 0.717) is 17.3 Å². The maximum atomic E-state index is 12.8. The number of thioether (sulfide) groups is 1. The molecule has 2 aromatic carbocycles. The molecule has 1 N–H and O–H groups in total. The van der Waals surface area contributed by atoms with Gasteiger partial charge in [0.2, 0.25) is 10.0 Å². The summed E-state index contributed by atoms with van der Waals surface area (Å²) in [6.07, 6.45) is 0. The second kappa shape index (κ2) is 7.97. The van der Waals surface area contributed by atoms with Crippen LogP contribution in [0.1, 0.15) is 5.56 Å². The van der Waals surface area contributed by atoms with Crippen LogP contribution in [0.4, 0.5) is 4.39 Å². The van der Waals surface area contributed by atoms with Gasteiger partial charge in [-0.1, -0.05) is 29.8 Å². The summed E-state index contributed by atoms with van der Waals surface area (Å²) >= 11 is 7.63. The fourth-order valence-electron chi connectivity index (χ4n) is 1.74. The summed E-state index contributed by atoms with van der Waals surface area (Å²) in [7, 11) is -3.59. The molecule has 118 valence electrons. The van der Waals surface area contributed by atoms with Gasteiger partial charge < -0.3 is 0 Å². The quantitative estimate of drug-likeness (QED) is 0.767. The van der Waals surface area contributed by atoms with E-state index in [1.165, 1.54) is 12.1 Å². The molecule has 2 aromatic rings. The summed E-state index contributed by atoms with van der Waals surface area (Å²) in [5, 5.41) is 0.710.